The lowest BCUT2D eigenvalue weighted by Crippen LogP contribution is -2.25. The number of nitrogens with zero attached hydrogens (tertiary/aromatic N) is 2. The highest BCUT2D eigenvalue weighted by Gasteiger charge is 2.31. The van der Waals surface area contributed by atoms with Crippen molar-refractivity contribution >= 4 is 22.5 Å². The van der Waals surface area contributed by atoms with Gasteiger partial charge in [0.1, 0.15) is 11.5 Å². The van der Waals surface area contributed by atoms with E-state index in [1.165, 1.54) is 35.6 Å². The van der Waals surface area contributed by atoms with Crippen molar-refractivity contribution in [3.63, 3.8) is 0 Å². The van der Waals surface area contributed by atoms with Gasteiger partial charge in [0.25, 0.3) is 0 Å². The summed E-state index contributed by atoms with van der Waals surface area (Å²) in [6, 6.07) is 7.76. The van der Waals surface area contributed by atoms with Crippen LogP contribution in [0.15, 0.2) is 30.3 Å². The Morgan fingerprint density at radius 1 is 1.19 bits per heavy atom. The van der Waals surface area contributed by atoms with Crippen molar-refractivity contribution in [1.29, 1.82) is 0 Å². The molecule has 5 heteroatoms. The Hall–Kier alpha value is -2.43. The molecule has 0 aliphatic heterocycles. The number of fused-ring (bicyclic) bond motifs is 3. The fraction of sp³-hybridized carbons (Fsp3) is 0.381. The van der Waals surface area contributed by atoms with Gasteiger partial charge in [-0.05, 0) is 54.5 Å². The van der Waals surface area contributed by atoms with E-state index >= 15 is 0 Å². The van der Waals surface area contributed by atoms with E-state index in [9.17, 15) is 8.78 Å². The summed E-state index contributed by atoms with van der Waals surface area (Å²) >= 11 is 0. The number of hydrogen-bond acceptors (Lipinski definition) is 2. The lowest BCUT2D eigenvalue weighted by atomic mass is 9.72. The highest BCUT2D eigenvalue weighted by atomic mass is 19.2. The van der Waals surface area contributed by atoms with Crippen LogP contribution in [-0.4, -0.2) is 9.55 Å². The van der Waals surface area contributed by atoms with Crippen LogP contribution in [0.1, 0.15) is 37.9 Å². The summed E-state index contributed by atoms with van der Waals surface area (Å²) in [7, 11) is 2.06. The molecule has 2 aromatic heterocycles. The summed E-state index contributed by atoms with van der Waals surface area (Å²) in [6.07, 6.45) is 4.51. The van der Waals surface area contributed by atoms with Gasteiger partial charge in [0, 0.05) is 29.9 Å². The van der Waals surface area contributed by atoms with Crippen LogP contribution in [0.5, 0.6) is 0 Å². The van der Waals surface area contributed by atoms with Crippen LogP contribution in [0.4, 0.5) is 20.3 Å². The molecule has 26 heavy (non-hydrogen) atoms. The van der Waals surface area contributed by atoms with Gasteiger partial charge in [-0.1, -0.05) is 20.3 Å². The Labute approximate surface area is 152 Å². The first kappa shape index (κ1) is 17.0. The van der Waals surface area contributed by atoms with Gasteiger partial charge in [-0.15, -0.1) is 0 Å². The van der Waals surface area contributed by atoms with E-state index in [1.807, 2.05) is 6.07 Å². The summed E-state index contributed by atoms with van der Waals surface area (Å²) in [6.45, 7) is 4.62. The van der Waals surface area contributed by atoms with E-state index in [-0.39, 0.29) is 0 Å². The Bertz CT molecular complexity index is 993. The number of hydrogen-bond donors (Lipinski definition) is 1. The van der Waals surface area contributed by atoms with Crippen molar-refractivity contribution in [3.8, 4) is 0 Å². The van der Waals surface area contributed by atoms with Gasteiger partial charge < -0.3 is 9.88 Å². The largest absolute Gasteiger partial charge is 0.340 e. The molecule has 0 bridgehead atoms. The van der Waals surface area contributed by atoms with Crippen LogP contribution < -0.4 is 5.32 Å². The molecule has 0 saturated carbocycles. The van der Waals surface area contributed by atoms with E-state index in [0.29, 0.717) is 16.9 Å². The normalized spacial score (nSPS) is 19.6. The van der Waals surface area contributed by atoms with Crippen molar-refractivity contribution in [2.24, 2.45) is 12.5 Å². The minimum absolute atomic E-state index is 0.351. The standard InChI is InChI=1S/C21H23F2N3/c1-4-21(2)10-9-18-15(12-21)14-6-8-19(25-20(14)26(18)3)24-13-5-7-16(22)17(23)11-13/h5-8,11H,4,9-10,12H2,1-3H3,(H,24,25). The van der Waals surface area contributed by atoms with Crippen LogP contribution in [0, 0.1) is 17.0 Å². The Morgan fingerprint density at radius 2 is 2.00 bits per heavy atom. The maximum Gasteiger partial charge on any atom is 0.160 e. The minimum atomic E-state index is -0.871. The maximum absolute atomic E-state index is 13.4. The van der Waals surface area contributed by atoms with Gasteiger partial charge in [0.15, 0.2) is 11.6 Å². The predicted molar refractivity (Wildman–Crippen MR) is 101 cm³/mol. The van der Waals surface area contributed by atoms with Crippen LogP contribution >= 0.6 is 0 Å². The molecule has 3 aromatic rings. The third kappa shape index (κ3) is 2.75. The van der Waals surface area contributed by atoms with Crippen molar-refractivity contribution < 1.29 is 8.78 Å². The molecule has 1 aromatic carbocycles. The van der Waals surface area contributed by atoms with Gasteiger partial charge >= 0.3 is 0 Å². The zero-order valence-corrected chi connectivity index (χ0v) is 15.4. The summed E-state index contributed by atoms with van der Waals surface area (Å²) in [5, 5.41) is 4.26. The Kier molecular flexibility index (Phi) is 3.98. The Morgan fingerprint density at radius 3 is 2.73 bits per heavy atom. The molecule has 0 fully saturated rings. The first-order valence-corrected chi connectivity index (χ1v) is 9.09. The molecule has 3 nitrogen and oxygen atoms in total. The molecule has 136 valence electrons. The molecule has 1 unspecified atom stereocenters. The van der Waals surface area contributed by atoms with Crippen molar-refractivity contribution in [1.82, 2.24) is 9.55 Å². The average molecular weight is 355 g/mol. The van der Waals surface area contributed by atoms with Crippen molar-refractivity contribution in [3.05, 3.63) is 53.2 Å². The van der Waals surface area contributed by atoms with Crippen LogP contribution in [0.3, 0.4) is 0 Å². The lowest BCUT2D eigenvalue weighted by molar-refractivity contribution is 0.266. The van der Waals surface area contributed by atoms with Crippen molar-refractivity contribution in [2.75, 3.05) is 5.32 Å². The van der Waals surface area contributed by atoms with Crippen LogP contribution in [0.2, 0.25) is 0 Å². The zero-order valence-electron chi connectivity index (χ0n) is 15.4. The number of nitrogens with one attached hydrogen (secondary N) is 1. The number of anilines is 2. The molecule has 0 spiro atoms. The summed E-state index contributed by atoms with van der Waals surface area (Å²) in [5.74, 6) is -1.10. The molecular formula is C21H23F2N3. The molecule has 1 N–H and O–H groups in total. The molecule has 0 radical (unpaired) electrons. The van der Waals surface area contributed by atoms with E-state index in [0.717, 1.165) is 30.6 Å². The van der Waals surface area contributed by atoms with Crippen LogP contribution in [0.25, 0.3) is 11.0 Å². The minimum Gasteiger partial charge on any atom is -0.340 e. The number of rotatable bonds is 3. The second-order valence-electron chi connectivity index (χ2n) is 7.65. The summed E-state index contributed by atoms with van der Waals surface area (Å²) < 4.78 is 28.7. The zero-order chi connectivity index (χ0) is 18.5. The molecular weight excluding hydrogens is 332 g/mol. The Balaban J connectivity index is 1.72. The van der Waals surface area contributed by atoms with Gasteiger partial charge in [-0.2, -0.15) is 0 Å². The van der Waals surface area contributed by atoms with Crippen LogP contribution in [-0.2, 0) is 19.9 Å². The maximum atomic E-state index is 13.4. The fourth-order valence-electron chi connectivity index (χ4n) is 3.97. The van der Waals surface area contributed by atoms with E-state index in [4.69, 9.17) is 4.98 Å². The fourth-order valence-corrected chi connectivity index (χ4v) is 3.97. The highest BCUT2D eigenvalue weighted by molar-refractivity contribution is 5.84. The summed E-state index contributed by atoms with van der Waals surface area (Å²) in [5.41, 5.74) is 4.54. The molecule has 0 saturated heterocycles. The number of halogens is 2. The second kappa shape index (κ2) is 6.08. The molecule has 1 aliphatic carbocycles. The monoisotopic (exact) mass is 355 g/mol. The second-order valence-corrected chi connectivity index (χ2v) is 7.65. The smallest absolute Gasteiger partial charge is 0.160 e. The first-order valence-electron chi connectivity index (χ1n) is 9.09. The molecule has 4 rings (SSSR count). The van der Waals surface area contributed by atoms with Gasteiger partial charge in [-0.25, -0.2) is 13.8 Å². The third-order valence-electron chi connectivity index (χ3n) is 5.89. The number of aromatic nitrogens is 2. The van der Waals surface area contributed by atoms with Crippen molar-refractivity contribution in [2.45, 2.75) is 39.5 Å². The number of aryl methyl sites for hydroxylation is 1. The van der Waals surface area contributed by atoms with Gasteiger partial charge in [-0.3, -0.25) is 0 Å². The molecule has 2 heterocycles. The third-order valence-corrected chi connectivity index (χ3v) is 5.89. The highest BCUT2D eigenvalue weighted by Crippen LogP contribution is 2.41. The number of benzene rings is 1. The molecule has 1 aliphatic rings. The topological polar surface area (TPSA) is 29.9 Å². The molecule has 0 amide bonds. The first-order chi connectivity index (χ1) is 12.4. The average Bonchev–Trinajstić information content (AvgIpc) is 2.90. The van der Waals surface area contributed by atoms with E-state index in [1.54, 1.807) is 0 Å². The SMILES string of the molecule is CCC1(C)CCc2c(c3ccc(Nc4ccc(F)c(F)c4)nc3n2C)C1. The van der Waals surface area contributed by atoms with Gasteiger partial charge in [0.05, 0.1) is 0 Å². The summed E-state index contributed by atoms with van der Waals surface area (Å²) in [4.78, 5) is 4.74. The van der Waals surface area contributed by atoms with E-state index < -0.39 is 11.6 Å². The number of pyridine rings is 1. The molecule has 1 atom stereocenters. The lowest BCUT2D eigenvalue weighted by Gasteiger charge is -2.33. The quantitative estimate of drug-likeness (QED) is 0.672. The van der Waals surface area contributed by atoms with E-state index in [2.05, 4.69) is 36.8 Å². The van der Waals surface area contributed by atoms with Gasteiger partial charge in [0.2, 0.25) is 0 Å². The predicted octanol–water partition coefficient (Wildman–Crippen LogP) is 5.50.